The molecule has 3 fully saturated rings. The van der Waals surface area contributed by atoms with E-state index in [1.54, 1.807) is 0 Å². The molecular weight excluding hydrogens is 490 g/mol. The van der Waals surface area contributed by atoms with Gasteiger partial charge in [0.25, 0.3) is 0 Å². The van der Waals surface area contributed by atoms with E-state index >= 15 is 0 Å². The van der Waals surface area contributed by atoms with Gasteiger partial charge in [-0.2, -0.15) is 26.3 Å². The Morgan fingerprint density at radius 1 is 1.00 bits per heavy atom. The van der Waals surface area contributed by atoms with Gasteiger partial charge in [0.15, 0.2) is 6.10 Å². The monoisotopic (exact) mass is 522 g/mol. The number of ether oxygens (including phenoxy) is 1. The quantitative estimate of drug-likeness (QED) is 0.535. The van der Waals surface area contributed by atoms with Gasteiger partial charge in [0.05, 0.1) is 5.56 Å². The Kier molecular flexibility index (Phi) is 7.40. The molecule has 0 saturated carbocycles. The van der Waals surface area contributed by atoms with Crippen LogP contribution in [-0.4, -0.2) is 92.0 Å². The highest BCUT2D eigenvalue weighted by atomic mass is 19.4. The van der Waals surface area contributed by atoms with Crippen molar-refractivity contribution in [3.8, 4) is 0 Å². The van der Waals surface area contributed by atoms with E-state index in [0.717, 1.165) is 51.2 Å². The molecular formula is C24H32F6N4O2. The van der Waals surface area contributed by atoms with Crippen molar-refractivity contribution >= 4 is 11.8 Å². The van der Waals surface area contributed by atoms with Crippen LogP contribution < -0.4 is 4.90 Å². The smallest absolute Gasteiger partial charge is 0.425 e. The highest BCUT2D eigenvalue weighted by Gasteiger charge is 2.47. The zero-order valence-corrected chi connectivity index (χ0v) is 20.5. The number of amides is 1. The zero-order valence-electron chi connectivity index (χ0n) is 20.5. The van der Waals surface area contributed by atoms with Gasteiger partial charge < -0.3 is 19.4 Å². The van der Waals surface area contributed by atoms with E-state index < -0.39 is 30.1 Å². The van der Waals surface area contributed by atoms with E-state index in [9.17, 15) is 31.1 Å². The van der Waals surface area contributed by atoms with Crippen LogP contribution in [0.25, 0.3) is 0 Å². The van der Waals surface area contributed by atoms with Crippen LogP contribution >= 0.6 is 0 Å². The Morgan fingerprint density at radius 2 is 1.67 bits per heavy atom. The van der Waals surface area contributed by atoms with E-state index in [1.165, 1.54) is 17.0 Å². The first kappa shape index (κ1) is 26.8. The first-order chi connectivity index (χ1) is 16.8. The van der Waals surface area contributed by atoms with Gasteiger partial charge >= 0.3 is 18.4 Å². The number of halogens is 6. The van der Waals surface area contributed by atoms with Crippen LogP contribution in [0.1, 0.15) is 31.4 Å². The fourth-order valence-electron chi connectivity index (χ4n) is 5.32. The molecule has 202 valence electrons. The summed E-state index contributed by atoms with van der Waals surface area (Å²) < 4.78 is 83.1. The molecule has 1 unspecified atom stereocenters. The maximum absolute atomic E-state index is 13.5. The third-order valence-electron chi connectivity index (χ3n) is 7.52. The number of hydrogen-bond donors (Lipinski definition) is 0. The lowest BCUT2D eigenvalue weighted by molar-refractivity contribution is -0.200. The van der Waals surface area contributed by atoms with Crippen molar-refractivity contribution in [1.82, 2.24) is 14.7 Å². The van der Waals surface area contributed by atoms with E-state index in [1.807, 2.05) is 4.90 Å². The Labute approximate surface area is 206 Å². The molecule has 0 radical (unpaired) electrons. The average Bonchev–Trinajstić information content (AvgIpc) is 3.23. The van der Waals surface area contributed by atoms with Crippen molar-refractivity contribution in [1.29, 1.82) is 0 Å². The highest BCUT2D eigenvalue weighted by Crippen LogP contribution is 2.43. The minimum atomic E-state index is -4.63. The molecule has 3 heterocycles. The number of hydrogen-bond acceptors (Lipinski definition) is 5. The molecule has 0 aliphatic carbocycles. The second kappa shape index (κ2) is 9.92. The average molecular weight is 523 g/mol. The third kappa shape index (κ3) is 5.85. The molecule has 6 nitrogen and oxygen atoms in total. The number of alkyl halides is 6. The molecule has 1 amide bonds. The van der Waals surface area contributed by atoms with Crippen LogP contribution in [0.5, 0.6) is 0 Å². The summed E-state index contributed by atoms with van der Waals surface area (Å²) in [4.78, 5) is 19.7. The summed E-state index contributed by atoms with van der Waals surface area (Å²) in [6, 6.07) is 3.85. The third-order valence-corrected chi connectivity index (χ3v) is 7.52. The molecule has 1 spiro atoms. The number of rotatable bonds is 5. The molecule has 4 rings (SSSR count). The molecule has 0 aromatic heterocycles. The highest BCUT2D eigenvalue weighted by molar-refractivity contribution is 5.68. The van der Waals surface area contributed by atoms with Crippen molar-refractivity contribution in [2.75, 3.05) is 63.8 Å². The number of carbonyl (C=O) groups excluding carboxylic acids is 1. The minimum absolute atomic E-state index is 0.126. The van der Waals surface area contributed by atoms with Crippen LogP contribution in [0.2, 0.25) is 0 Å². The van der Waals surface area contributed by atoms with E-state index in [2.05, 4.69) is 21.5 Å². The first-order valence-corrected chi connectivity index (χ1v) is 12.2. The SMILES string of the molecule is CCN1CC2(CCN(c3cc(C(F)(F)F)ccc3CN3CCN(C(=O)OC(C)C(F)(F)F)CC3)C2)C1. The number of benzene rings is 1. The number of anilines is 1. The van der Waals surface area contributed by atoms with Crippen LogP contribution in [0.4, 0.5) is 36.8 Å². The Morgan fingerprint density at radius 3 is 2.25 bits per heavy atom. The summed E-state index contributed by atoms with van der Waals surface area (Å²) in [5.41, 5.74) is 0.796. The molecule has 1 aromatic rings. The van der Waals surface area contributed by atoms with Crippen LogP contribution in [0.3, 0.4) is 0 Å². The second-order valence-electron chi connectivity index (χ2n) is 10.1. The number of piperazine rings is 1. The van der Waals surface area contributed by atoms with E-state index in [-0.39, 0.29) is 18.5 Å². The maximum atomic E-state index is 13.5. The van der Waals surface area contributed by atoms with E-state index in [0.29, 0.717) is 31.9 Å². The fourth-order valence-corrected chi connectivity index (χ4v) is 5.32. The normalized spacial score (nSPS) is 22.1. The van der Waals surface area contributed by atoms with Crippen molar-refractivity contribution in [2.45, 2.75) is 45.3 Å². The minimum Gasteiger partial charge on any atom is -0.437 e. The van der Waals surface area contributed by atoms with Crippen molar-refractivity contribution in [2.24, 2.45) is 5.41 Å². The lowest BCUT2D eigenvalue weighted by Gasteiger charge is -2.48. The maximum Gasteiger partial charge on any atom is 0.425 e. The van der Waals surface area contributed by atoms with E-state index in [4.69, 9.17) is 0 Å². The van der Waals surface area contributed by atoms with Crippen molar-refractivity contribution < 1.29 is 35.9 Å². The van der Waals surface area contributed by atoms with Gasteiger partial charge in [-0.1, -0.05) is 13.0 Å². The fraction of sp³-hybridized carbons (Fsp3) is 0.708. The zero-order chi connectivity index (χ0) is 26.3. The van der Waals surface area contributed by atoms with Gasteiger partial charge in [-0.3, -0.25) is 4.90 Å². The Hall–Kier alpha value is -2.21. The first-order valence-electron chi connectivity index (χ1n) is 12.2. The van der Waals surface area contributed by atoms with Crippen LogP contribution in [-0.2, 0) is 17.5 Å². The van der Waals surface area contributed by atoms with Gasteiger partial charge in [-0.15, -0.1) is 0 Å². The number of nitrogens with zero attached hydrogens (tertiary/aromatic N) is 4. The van der Waals surface area contributed by atoms with Gasteiger partial charge in [0.1, 0.15) is 0 Å². The standard InChI is InChI=1S/C24H32F6N4O2/c1-3-31-14-22(15-31)6-7-34(16-22)20-12-19(24(28,29)30)5-4-18(20)13-32-8-10-33(11-9-32)21(35)36-17(2)23(25,26)27/h4-5,12,17H,3,6-11,13-16H2,1-2H3. The molecule has 1 aromatic carbocycles. The molecule has 1 atom stereocenters. The van der Waals surface area contributed by atoms with Crippen LogP contribution in [0, 0.1) is 5.41 Å². The van der Waals surface area contributed by atoms with Gasteiger partial charge in [-0.05, 0) is 37.6 Å². The lowest BCUT2D eigenvalue weighted by Crippen LogP contribution is -2.57. The summed E-state index contributed by atoms with van der Waals surface area (Å²) in [6.07, 6.45) is -11.3. The molecule has 0 bridgehead atoms. The number of likely N-dealkylation sites (tertiary alicyclic amines) is 1. The van der Waals surface area contributed by atoms with Crippen molar-refractivity contribution in [3.63, 3.8) is 0 Å². The molecule has 12 heteroatoms. The molecule has 3 aliphatic rings. The van der Waals surface area contributed by atoms with Gasteiger partial charge in [0.2, 0.25) is 0 Å². The molecule has 0 N–H and O–H groups in total. The molecule has 36 heavy (non-hydrogen) atoms. The Balaban J connectivity index is 1.41. The number of carbonyl (C=O) groups is 1. The van der Waals surface area contributed by atoms with Gasteiger partial charge in [-0.25, -0.2) is 4.79 Å². The molecule has 3 aliphatic heterocycles. The van der Waals surface area contributed by atoms with Crippen molar-refractivity contribution in [3.05, 3.63) is 29.3 Å². The summed E-state index contributed by atoms with van der Waals surface area (Å²) in [5, 5.41) is 0. The second-order valence-corrected chi connectivity index (χ2v) is 10.1. The van der Waals surface area contributed by atoms with Crippen LogP contribution in [0.15, 0.2) is 18.2 Å². The Bertz CT molecular complexity index is 940. The molecule has 3 saturated heterocycles. The largest absolute Gasteiger partial charge is 0.437 e. The van der Waals surface area contributed by atoms with Gasteiger partial charge in [0, 0.05) is 70.0 Å². The summed E-state index contributed by atoms with van der Waals surface area (Å²) in [5.74, 6) is 0. The summed E-state index contributed by atoms with van der Waals surface area (Å²) >= 11 is 0. The summed E-state index contributed by atoms with van der Waals surface area (Å²) in [6.45, 7) is 8.68. The topological polar surface area (TPSA) is 39.3 Å². The lowest BCUT2D eigenvalue weighted by atomic mass is 9.79. The predicted molar refractivity (Wildman–Crippen MR) is 122 cm³/mol. The summed E-state index contributed by atoms with van der Waals surface area (Å²) in [7, 11) is 0. The predicted octanol–water partition coefficient (Wildman–Crippen LogP) is 4.44.